The van der Waals surface area contributed by atoms with Gasteiger partial charge in [-0.15, -0.1) is 0 Å². The van der Waals surface area contributed by atoms with E-state index in [0.29, 0.717) is 0 Å². The molecule has 1 unspecified atom stereocenters. The van der Waals surface area contributed by atoms with Crippen molar-refractivity contribution in [1.29, 1.82) is 0 Å². The minimum Gasteiger partial charge on any atom is -0.465 e. The fraction of sp³-hybridized carbons (Fsp3) is 0.778. The van der Waals surface area contributed by atoms with Gasteiger partial charge in [-0.25, -0.2) is 9.59 Å². The Morgan fingerprint density at radius 3 is 2.12 bits per heavy atom. The Morgan fingerprint density at radius 2 is 1.88 bits per heavy atom. The van der Waals surface area contributed by atoms with Crippen molar-refractivity contribution in [3.63, 3.8) is 0 Å². The first kappa shape index (κ1) is 14.5. The summed E-state index contributed by atoms with van der Waals surface area (Å²) < 4.78 is 0. The molecule has 2 amide bonds. The molecule has 0 aliphatic heterocycles. The fourth-order valence-electron chi connectivity index (χ4n) is 1.21. The molecule has 5 N–H and O–H groups in total. The van der Waals surface area contributed by atoms with Gasteiger partial charge in [0.25, 0.3) is 0 Å². The van der Waals surface area contributed by atoms with E-state index >= 15 is 0 Å². The van der Waals surface area contributed by atoms with Gasteiger partial charge in [0.15, 0.2) is 0 Å². The zero-order valence-electron chi connectivity index (χ0n) is 9.73. The van der Waals surface area contributed by atoms with E-state index in [1.165, 1.54) is 0 Å². The van der Waals surface area contributed by atoms with Gasteiger partial charge in [-0.2, -0.15) is 0 Å². The van der Waals surface area contributed by atoms with Crippen molar-refractivity contribution in [2.24, 2.45) is 5.73 Å². The first-order valence-corrected chi connectivity index (χ1v) is 4.88. The maximum absolute atomic E-state index is 11.0. The van der Waals surface area contributed by atoms with Crippen LogP contribution in [0.15, 0.2) is 0 Å². The molecule has 0 bridgehead atoms. The molecule has 0 aliphatic rings. The number of amides is 2. The van der Waals surface area contributed by atoms with E-state index in [1.807, 2.05) is 0 Å². The summed E-state index contributed by atoms with van der Waals surface area (Å²) in [4.78, 5) is 22.6. The van der Waals surface area contributed by atoms with Crippen LogP contribution in [0.3, 0.4) is 0 Å². The van der Waals surface area contributed by atoms with Crippen LogP contribution in [-0.4, -0.2) is 52.0 Å². The first-order valence-electron chi connectivity index (χ1n) is 4.88. The summed E-state index contributed by atoms with van der Waals surface area (Å²) in [7, 11) is 0. The average molecular weight is 233 g/mol. The van der Waals surface area contributed by atoms with Gasteiger partial charge in [0, 0.05) is 18.6 Å². The Labute approximate surface area is 94.2 Å². The van der Waals surface area contributed by atoms with Crippen LogP contribution in [-0.2, 0) is 0 Å². The second kappa shape index (κ2) is 5.55. The third-order valence-corrected chi connectivity index (χ3v) is 2.06. The summed E-state index contributed by atoms with van der Waals surface area (Å²) in [5.41, 5.74) is 4.77. The highest BCUT2D eigenvalue weighted by atomic mass is 16.4. The number of carboxylic acid groups (broad SMARTS) is 2. The molecule has 0 saturated carbocycles. The molecule has 16 heavy (non-hydrogen) atoms. The van der Waals surface area contributed by atoms with E-state index < -0.39 is 23.8 Å². The predicted molar refractivity (Wildman–Crippen MR) is 58.5 cm³/mol. The van der Waals surface area contributed by atoms with Crippen molar-refractivity contribution in [3.8, 4) is 0 Å². The van der Waals surface area contributed by atoms with Gasteiger partial charge < -0.3 is 26.2 Å². The second-order valence-corrected chi connectivity index (χ2v) is 4.45. The number of nitrogens with zero attached hydrogens (tertiary/aromatic N) is 1. The average Bonchev–Trinajstić information content (AvgIpc) is 2.08. The summed E-state index contributed by atoms with van der Waals surface area (Å²) in [6.45, 7) is 5.27. The summed E-state index contributed by atoms with van der Waals surface area (Å²) in [6.07, 6.45) is -2.31. The molecular weight excluding hydrogens is 214 g/mol. The van der Waals surface area contributed by atoms with Crippen molar-refractivity contribution < 1.29 is 19.8 Å². The normalized spacial score (nSPS) is 13.0. The van der Waals surface area contributed by atoms with Crippen LogP contribution in [0.25, 0.3) is 0 Å². The number of nitrogens with two attached hydrogens (primary N) is 1. The number of hydrogen-bond acceptors (Lipinski definition) is 3. The van der Waals surface area contributed by atoms with Crippen LogP contribution in [0.5, 0.6) is 0 Å². The van der Waals surface area contributed by atoms with E-state index in [0.717, 1.165) is 4.90 Å². The zero-order chi connectivity index (χ0) is 12.9. The SMILES string of the molecule is CC(C)(C)N(CC(CN)NC(=O)O)C(=O)O. The molecule has 7 heteroatoms. The van der Waals surface area contributed by atoms with Crippen LogP contribution < -0.4 is 11.1 Å². The fourth-order valence-corrected chi connectivity index (χ4v) is 1.21. The van der Waals surface area contributed by atoms with E-state index in [-0.39, 0.29) is 13.1 Å². The second-order valence-electron chi connectivity index (χ2n) is 4.45. The van der Waals surface area contributed by atoms with Gasteiger partial charge in [0.2, 0.25) is 0 Å². The lowest BCUT2D eigenvalue weighted by Crippen LogP contribution is -2.54. The number of carbonyl (C=O) groups is 2. The molecule has 0 aliphatic carbocycles. The van der Waals surface area contributed by atoms with E-state index in [1.54, 1.807) is 20.8 Å². The standard InChI is InChI=1S/C9H19N3O4/c1-9(2,3)12(8(15)16)5-6(4-10)11-7(13)14/h6,11H,4-5,10H2,1-3H3,(H,13,14)(H,15,16). The summed E-state index contributed by atoms with van der Waals surface area (Å²) in [5.74, 6) is 0. The van der Waals surface area contributed by atoms with Gasteiger partial charge in [-0.3, -0.25) is 0 Å². The monoisotopic (exact) mass is 233 g/mol. The minimum atomic E-state index is -1.21. The lowest BCUT2D eigenvalue weighted by molar-refractivity contribution is 0.0926. The third-order valence-electron chi connectivity index (χ3n) is 2.06. The van der Waals surface area contributed by atoms with Crippen molar-refractivity contribution in [3.05, 3.63) is 0 Å². The largest absolute Gasteiger partial charge is 0.465 e. The molecule has 0 aromatic heterocycles. The van der Waals surface area contributed by atoms with Gasteiger partial charge in [-0.05, 0) is 20.8 Å². The van der Waals surface area contributed by atoms with Crippen LogP contribution >= 0.6 is 0 Å². The highest BCUT2D eigenvalue weighted by molar-refractivity contribution is 5.67. The maximum atomic E-state index is 11.0. The molecular formula is C9H19N3O4. The van der Waals surface area contributed by atoms with E-state index in [4.69, 9.17) is 15.9 Å². The number of rotatable bonds is 4. The van der Waals surface area contributed by atoms with Gasteiger partial charge in [0.05, 0.1) is 6.04 Å². The van der Waals surface area contributed by atoms with Crippen LogP contribution in [0.2, 0.25) is 0 Å². The van der Waals surface area contributed by atoms with Crippen molar-refractivity contribution in [1.82, 2.24) is 10.2 Å². The number of hydrogen-bond donors (Lipinski definition) is 4. The topological polar surface area (TPSA) is 116 Å². The molecule has 0 rings (SSSR count). The van der Waals surface area contributed by atoms with E-state index in [9.17, 15) is 9.59 Å². The molecule has 1 atom stereocenters. The minimum absolute atomic E-state index is 0.0294. The molecule has 0 aromatic rings. The summed E-state index contributed by atoms with van der Waals surface area (Å²) in [6, 6.07) is -0.604. The Hall–Kier alpha value is -1.50. The molecule has 0 fully saturated rings. The van der Waals surface area contributed by atoms with Gasteiger partial charge in [-0.1, -0.05) is 0 Å². The van der Waals surface area contributed by atoms with Gasteiger partial charge >= 0.3 is 12.2 Å². The first-order chi connectivity index (χ1) is 7.18. The zero-order valence-corrected chi connectivity index (χ0v) is 9.73. The van der Waals surface area contributed by atoms with Crippen LogP contribution in [0.4, 0.5) is 9.59 Å². The van der Waals surface area contributed by atoms with Crippen molar-refractivity contribution >= 4 is 12.2 Å². The predicted octanol–water partition coefficient (Wildman–Crippen LogP) is 0.360. The van der Waals surface area contributed by atoms with Gasteiger partial charge in [0.1, 0.15) is 0 Å². The lowest BCUT2D eigenvalue weighted by Gasteiger charge is -2.35. The van der Waals surface area contributed by atoms with E-state index in [2.05, 4.69) is 5.32 Å². The molecule has 0 saturated heterocycles. The molecule has 0 heterocycles. The van der Waals surface area contributed by atoms with Crippen molar-refractivity contribution in [2.45, 2.75) is 32.4 Å². The molecule has 0 aromatic carbocycles. The lowest BCUT2D eigenvalue weighted by atomic mass is 10.1. The molecule has 7 nitrogen and oxygen atoms in total. The highest BCUT2D eigenvalue weighted by Crippen LogP contribution is 2.13. The quantitative estimate of drug-likeness (QED) is 0.559. The third kappa shape index (κ3) is 4.83. The molecule has 0 radical (unpaired) electrons. The Balaban J connectivity index is 4.60. The molecule has 94 valence electrons. The summed E-state index contributed by atoms with van der Waals surface area (Å²) >= 11 is 0. The Morgan fingerprint density at radius 1 is 1.38 bits per heavy atom. The Bertz CT molecular complexity index is 262. The maximum Gasteiger partial charge on any atom is 0.407 e. The smallest absolute Gasteiger partial charge is 0.407 e. The van der Waals surface area contributed by atoms with Crippen LogP contribution in [0.1, 0.15) is 20.8 Å². The Kier molecular flexibility index (Phi) is 5.03. The molecule has 0 spiro atoms. The van der Waals surface area contributed by atoms with Crippen LogP contribution in [0, 0.1) is 0 Å². The van der Waals surface area contributed by atoms with Crippen molar-refractivity contribution in [2.75, 3.05) is 13.1 Å². The number of nitrogens with one attached hydrogen (secondary N) is 1. The summed E-state index contributed by atoms with van der Waals surface area (Å²) in [5, 5.41) is 19.7. The highest BCUT2D eigenvalue weighted by Gasteiger charge is 2.28.